The number of urea groups is 1. The van der Waals surface area contributed by atoms with Crippen molar-refractivity contribution >= 4 is 29.0 Å². The summed E-state index contributed by atoms with van der Waals surface area (Å²) >= 11 is 6.06. The molecule has 0 radical (unpaired) electrons. The predicted octanol–water partition coefficient (Wildman–Crippen LogP) is 6.07. The number of hydrogen-bond donors (Lipinski definition) is 1. The molecule has 0 unspecified atom stereocenters. The Morgan fingerprint density at radius 2 is 1.78 bits per heavy atom. The van der Waals surface area contributed by atoms with Crippen LogP contribution in [0.1, 0.15) is 24.0 Å². The van der Waals surface area contributed by atoms with Crippen LogP contribution in [0.2, 0.25) is 5.02 Å². The molecular weight excluding hydrogens is 425 g/mol. The van der Waals surface area contributed by atoms with Crippen LogP contribution >= 0.6 is 11.6 Å². The lowest BCUT2D eigenvalue weighted by molar-refractivity contribution is 0.160. The van der Waals surface area contributed by atoms with E-state index in [9.17, 15) is 9.18 Å². The van der Waals surface area contributed by atoms with E-state index in [0.29, 0.717) is 17.3 Å². The highest BCUT2D eigenvalue weighted by Gasteiger charge is 2.46. The van der Waals surface area contributed by atoms with Gasteiger partial charge < -0.3 is 5.32 Å². The van der Waals surface area contributed by atoms with Crippen molar-refractivity contribution in [3.05, 3.63) is 94.8 Å². The van der Waals surface area contributed by atoms with Crippen LogP contribution in [-0.2, 0) is 12.0 Å². The van der Waals surface area contributed by atoms with Crippen LogP contribution in [0.25, 0.3) is 0 Å². The van der Waals surface area contributed by atoms with Crippen molar-refractivity contribution in [3.8, 4) is 0 Å². The summed E-state index contributed by atoms with van der Waals surface area (Å²) in [4.78, 5) is 17.4. The van der Waals surface area contributed by atoms with Crippen molar-refractivity contribution in [1.82, 2.24) is 4.90 Å². The SMILES string of the molecule is O=C(Nc1cccc(Cl)c1)N1CC2(CCN(Cc3ccccc3)CC2)c2cc(F)ccc21. The maximum atomic E-state index is 14.2. The first kappa shape index (κ1) is 21.0. The van der Waals surface area contributed by atoms with Gasteiger partial charge in [0.05, 0.1) is 0 Å². The third-order valence-electron chi connectivity index (χ3n) is 6.66. The maximum absolute atomic E-state index is 14.2. The summed E-state index contributed by atoms with van der Waals surface area (Å²) in [5.41, 5.74) is 3.45. The second-order valence-electron chi connectivity index (χ2n) is 8.73. The average molecular weight is 450 g/mol. The fraction of sp³-hybridized carbons (Fsp3) is 0.269. The van der Waals surface area contributed by atoms with Gasteiger partial charge >= 0.3 is 6.03 Å². The summed E-state index contributed by atoms with van der Waals surface area (Å²) in [5.74, 6) is -0.257. The Bertz CT molecular complexity index is 1130. The van der Waals surface area contributed by atoms with Crippen molar-refractivity contribution in [2.24, 2.45) is 0 Å². The Morgan fingerprint density at radius 1 is 1.00 bits per heavy atom. The van der Waals surface area contributed by atoms with Crippen LogP contribution in [0.15, 0.2) is 72.8 Å². The summed E-state index contributed by atoms with van der Waals surface area (Å²) < 4.78 is 14.2. The van der Waals surface area contributed by atoms with Gasteiger partial charge in [-0.15, -0.1) is 0 Å². The number of nitrogens with one attached hydrogen (secondary N) is 1. The third-order valence-corrected chi connectivity index (χ3v) is 6.90. The van der Waals surface area contributed by atoms with E-state index >= 15 is 0 Å². The molecule has 0 aliphatic carbocycles. The molecule has 4 nitrogen and oxygen atoms in total. The van der Waals surface area contributed by atoms with Gasteiger partial charge in [-0.1, -0.05) is 48.0 Å². The quantitative estimate of drug-likeness (QED) is 0.527. The van der Waals surface area contributed by atoms with Gasteiger partial charge in [-0.3, -0.25) is 9.80 Å². The molecule has 2 amide bonds. The van der Waals surface area contributed by atoms with Crippen LogP contribution in [0.3, 0.4) is 0 Å². The average Bonchev–Trinajstić information content (AvgIpc) is 3.10. The van der Waals surface area contributed by atoms with Gasteiger partial charge in [0.2, 0.25) is 0 Å². The van der Waals surface area contributed by atoms with Crippen molar-refractivity contribution < 1.29 is 9.18 Å². The first-order valence-electron chi connectivity index (χ1n) is 10.9. The number of likely N-dealkylation sites (tertiary alicyclic amines) is 1. The lowest BCUT2D eigenvalue weighted by Gasteiger charge is -2.40. The third kappa shape index (κ3) is 4.10. The van der Waals surface area contributed by atoms with Gasteiger partial charge in [-0.25, -0.2) is 9.18 Å². The molecule has 1 N–H and O–H groups in total. The van der Waals surface area contributed by atoms with Crippen molar-refractivity contribution in [2.75, 3.05) is 29.9 Å². The maximum Gasteiger partial charge on any atom is 0.326 e. The number of anilines is 2. The molecule has 1 fully saturated rings. The molecule has 164 valence electrons. The van der Waals surface area contributed by atoms with E-state index in [1.807, 2.05) is 12.1 Å². The lowest BCUT2D eigenvalue weighted by atomic mass is 9.74. The minimum Gasteiger partial charge on any atom is -0.307 e. The van der Waals surface area contributed by atoms with Gasteiger partial charge in [-0.2, -0.15) is 0 Å². The molecule has 0 bridgehead atoms. The van der Waals surface area contributed by atoms with Crippen LogP contribution in [0.4, 0.5) is 20.6 Å². The molecule has 6 heteroatoms. The molecule has 1 saturated heterocycles. The molecule has 2 aliphatic rings. The smallest absolute Gasteiger partial charge is 0.307 e. The molecule has 2 heterocycles. The number of carbonyl (C=O) groups is 1. The lowest BCUT2D eigenvalue weighted by Crippen LogP contribution is -2.46. The largest absolute Gasteiger partial charge is 0.326 e. The van der Waals surface area contributed by atoms with Gasteiger partial charge in [0.15, 0.2) is 0 Å². The number of fused-ring (bicyclic) bond motifs is 2. The number of halogens is 2. The molecule has 3 aromatic carbocycles. The van der Waals surface area contributed by atoms with Gasteiger partial charge in [0, 0.05) is 34.9 Å². The zero-order valence-electron chi connectivity index (χ0n) is 17.7. The van der Waals surface area contributed by atoms with E-state index in [2.05, 4.69) is 34.5 Å². The minimum absolute atomic E-state index is 0.219. The second kappa shape index (κ2) is 8.57. The van der Waals surface area contributed by atoms with E-state index < -0.39 is 0 Å². The van der Waals surface area contributed by atoms with Crippen LogP contribution < -0.4 is 10.2 Å². The van der Waals surface area contributed by atoms with Gasteiger partial charge in [0.25, 0.3) is 0 Å². The van der Waals surface area contributed by atoms with Gasteiger partial charge in [-0.05, 0) is 73.5 Å². The number of hydrogen-bond acceptors (Lipinski definition) is 2. The molecule has 5 rings (SSSR count). The number of amides is 2. The Kier molecular flexibility index (Phi) is 5.62. The molecule has 0 atom stereocenters. The number of nitrogens with zero attached hydrogens (tertiary/aromatic N) is 2. The zero-order valence-corrected chi connectivity index (χ0v) is 18.5. The van der Waals surface area contributed by atoms with Crippen LogP contribution in [0, 0.1) is 5.82 Å². The Hall–Kier alpha value is -2.89. The molecular formula is C26H25ClFN3O. The normalized spacial score (nSPS) is 17.4. The summed E-state index contributed by atoms with van der Waals surface area (Å²) in [6, 6.07) is 22.1. The molecule has 3 aromatic rings. The standard InChI is InChI=1S/C26H25ClFN3O/c27-20-7-4-8-22(15-20)29-25(32)31-18-26(23-16-21(28)9-10-24(23)31)11-13-30(14-12-26)17-19-5-2-1-3-6-19/h1-10,15-16H,11-14,17-18H2,(H,29,32). The van der Waals surface area contributed by atoms with E-state index in [-0.39, 0.29) is 17.3 Å². The minimum atomic E-state index is -0.257. The zero-order chi connectivity index (χ0) is 22.1. The van der Waals surface area contributed by atoms with Crippen LogP contribution in [-0.4, -0.2) is 30.6 Å². The number of carbonyl (C=O) groups excluding carboxylic acids is 1. The fourth-order valence-electron chi connectivity index (χ4n) is 4.99. The topological polar surface area (TPSA) is 35.6 Å². The molecule has 1 spiro atoms. The molecule has 0 saturated carbocycles. The van der Waals surface area contributed by atoms with Crippen molar-refractivity contribution in [3.63, 3.8) is 0 Å². The monoisotopic (exact) mass is 449 g/mol. The van der Waals surface area contributed by atoms with Crippen molar-refractivity contribution in [1.29, 1.82) is 0 Å². The highest BCUT2D eigenvalue weighted by Crippen LogP contribution is 2.47. The second-order valence-corrected chi connectivity index (χ2v) is 9.17. The molecule has 0 aromatic heterocycles. The highest BCUT2D eigenvalue weighted by atomic mass is 35.5. The van der Waals surface area contributed by atoms with Gasteiger partial charge in [0.1, 0.15) is 5.82 Å². The first-order valence-corrected chi connectivity index (χ1v) is 11.3. The Morgan fingerprint density at radius 3 is 2.53 bits per heavy atom. The Labute approximate surface area is 192 Å². The summed E-state index contributed by atoms with van der Waals surface area (Å²) in [6.45, 7) is 3.28. The summed E-state index contributed by atoms with van der Waals surface area (Å²) in [7, 11) is 0. The van der Waals surface area contributed by atoms with Crippen LogP contribution in [0.5, 0.6) is 0 Å². The fourth-order valence-corrected chi connectivity index (χ4v) is 5.18. The van der Waals surface area contributed by atoms with Crippen molar-refractivity contribution in [2.45, 2.75) is 24.8 Å². The summed E-state index contributed by atoms with van der Waals surface area (Å²) in [6.07, 6.45) is 1.77. The van der Waals surface area contributed by atoms with E-state index in [0.717, 1.165) is 43.7 Å². The number of benzene rings is 3. The predicted molar refractivity (Wildman–Crippen MR) is 127 cm³/mol. The van der Waals surface area contributed by atoms with E-state index in [4.69, 9.17) is 11.6 Å². The highest BCUT2D eigenvalue weighted by molar-refractivity contribution is 6.30. The number of piperidine rings is 1. The molecule has 2 aliphatic heterocycles. The van der Waals surface area contributed by atoms with E-state index in [1.54, 1.807) is 35.2 Å². The van der Waals surface area contributed by atoms with E-state index in [1.165, 1.54) is 11.6 Å². The number of rotatable bonds is 3. The first-order chi connectivity index (χ1) is 15.5. The summed E-state index contributed by atoms with van der Waals surface area (Å²) in [5, 5.41) is 3.51. The molecule has 32 heavy (non-hydrogen) atoms. The Balaban J connectivity index is 1.35.